The van der Waals surface area contributed by atoms with Crippen LogP contribution in [0.2, 0.25) is 0 Å². The van der Waals surface area contributed by atoms with E-state index in [2.05, 4.69) is 31.0 Å². The third-order valence-electron chi connectivity index (χ3n) is 4.01. The number of aromatic nitrogens is 1. The largest absolute Gasteiger partial charge is 0.326 e. The smallest absolute Gasteiger partial charge is 0.248 e. The summed E-state index contributed by atoms with van der Waals surface area (Å²) in [6, 6.07) is 3.66. The van der Waals surface area contributed by atoms with Crippen LogP contribution in [0.1, 0.15) is 37.4 Å². The lowest BCUT2D eigenvalue weighted by Gasteiger charge is -2.37. The van der Waals surface area contributed by atoms with Gasteiger partial charge in [0.05, 0.1) is 0 Å². The van der Waals surface area contributed by atoms with Gasteiger partial charge in [0, 0.05) is 23.6 Å². The molecule has 2 bridgehead atoms. The first kappa shape index (κ1) is 10.6. The molecule has 2 atom stereocenters. The van der Waals surface area contributed by atoms with Gasteiger partial charge in [-0.15, -0.1) is 0 Å². The Bertz CT molecular complexity index is 577. The van der Waals surface area contributed by atoms with Gasteiger partial charge in [-0.05, 0) is 32.3 Å². The van der Waals surface area contributed by atoms with Crippen molar-refractivity contribution in [3.8, 4) is 0 Å². The predicted octanol–water partition coefficient (Wildman–Crippen LogP) is 2.93. The van der Waals surface area contributed by atoms with E-state index in [1.165, 1.54) is 16.7 Å². The molecule has 1 heterocycles. The molecule has 0 spiro atoms. The average molecular weight is 227 g/mol. The maximum Gasteiger partial charge on any atom is 0.248 e. The minimum atomic E-state index is 0.0199. The molecule has 0 aromatic carbocycles. The van der Waals surface area contributed by atoms with Crippen LogP contribution in [0.15, 0.2) is 40.2 Å². The number of nitrogens with one attached hydrogen (secondary N) is 1. The zero-order valence-corrected chi connectivity index (χ0v) is 10.3. The zero-order valence-electron chi connectivity index (χ0n) is 10.3. The molecule has 1 aromatic heterocycles. The van der Waals surface area contributed by atoms with Crippen LogP contribution in [0.4, 0.5) is 0 Å². The SMILES string of the molecule is C/C=C1/C2C=C(C)CC1c1ccc(=O)[nH]c1C2. The van der Waals surface area contributed by atoms with E-state index in [0.717, 1.165) is 18.5 Å². The number of rotatable bonds is 0. The lowest BCUT2D eigenvalue weighted by atomic mass is 9.68. The van der Waals surface area contributed by atoms with Crippen molar-refractivity contribution in [3.63, 3.8) is 0 Å². The standard InChI is InChI=1S/C15H17NO/c1-3-11-10-6-9(2)7-13(11)12-4-5-15(17)16-14(12)8-10/h3-6,10,13H,7-8H2,1-2H3,(H,16,17)/b11-3-. The van der Waals surface area contributed by atoms with Crippen molar-refractivity contribution in [1.29, 1.82) is 0 Å². The maximum absolute atomic E-state index is 11.4. The summed E-state index contributed by atoms with van der Waals surface area (Å²) in [5.74, 6) is 0.972. The molecule has 0 amide bonds. The molecular formula is C15H17NO. The van der Waals surface area contributed by atoms with Crippen LogP contribution in [-0.4, -0.2) is 4.98 Å². The van der Waals surface area contributed by atoms with Crippen molar-refractivity contribution in [2.75, 3.05) is 0 Å². The second kappa shape index (κ2) is 3.73. The molecule has 2 nitrogen and oxygen atoms in total. The Hall–Kier alpha value is -1.57. The lowest BCUT2D eigenvalue weighted by Crippen LogP contribution is -2.27. The Labute approximate surface area is 101 Å². The van der Waals surface area contributed by atoms with Gasteiger partial charge < -0.3 is 4.98 Å². The predicted molar refractivity (Wildman–Crippen MR) is 69.1 cm³/mol. The van der Waals surface area contributed by atoms with E-state index < -0.39 is 0 Å². The molecule has 2 unspecified atom stereocenters. The highest BCUT2D eigenvalue weighted by Crippen LogP contribution is 2.45. The molecule has 1 aromatic rings. The molecule has 88 valence electrons. The number of hydrogen-bond acceptors (Lipinski definition) is 1. The number of aromatic amines is 1. The number of hydrogen-bond donors (Lipinski definition) is 1. The van der Waals surface area contributed by atoms with E-state index in [-0.39, 0.29) is 5.56 Å². The van der Waals surface area contributed by atoms with Crippen LogP contribution in [0, 0.1) is 5.92 Å². The number of H-pyrrole nitrogens is 1. The zero-order chi connectivity index (χ0) is 12.0. The van der Waals surface area contributed by atoms with E-state index in [4.69, 9.17) is 0 Å². The summed E-state index contributed by atoms with van der Waals surface area (Å²) in [6.45, 7) is 4.34. The first-order valence-electron chi connectivity index (χ1n) is 6.24. The van der Waals surface area contributed by atoms with Gasteiger partial charge in [-0.2, -0.15) is 0 Å². The minimum absolute atomic E-state index is 0.0199. The van der Waals surface area contributed by atoms with Crippen LogP contribution in [0.3, 0.4) is 0 Å². The normalized spacial score (nSPS) is 28.8. The van der Waals surface area contributed by atoms with E-state index in [1.807, 2.05) is 6.07 Å². The second-order valence-corrected chi connectivity index (χ2v) is 5.13. The Morgan fingerprint density at radius 2 is 2.18 bits per heavy atom. The first-order chi connectivity index (χ1) is 8.19. The molecule has 0 aliphatic heterocycles. The van der Waals surface area contributed by atoms with Crippen molar-refractivity contribution < 1.29 is 0 Å². The average Bonchev–Trinajstić information content (AvgIpc) is 2.27. The molecule has 2 aliphatic rings. The summed E-state index contributed by atoms with van der Waals surface area (Å²) in [4.78, 5) is 14.4. The van der Waals surface area contributed by atoms with Crippen molar-refractivity contribution in [2.24, 2.45) is 5.92 Å². The van der Waals surface area contributed by atoms with Gasteiger partial charge >= 0.3 is 0 Å². The van der Waals surface area contributed by atoms with Crippen LogP contribution in [0.25, 0.3) is 0 Å². The third kappa shape index (κ3) is 1.59. The highest BCUT2D eigenvalue weighted by atomic mass is 16.1. The van der Waals surface area contributed by atoms with Crippen molar-refractivity contribution in [1.82, 2.24) is 4.98 Å². The van der Waals surface area contributed by atoms with Crippen LogP contribution in [0.5, 0.6) is 0 Å². The lowest BCUT2D eigenvalue weighted by molar-refractivity contribution is 0.552. The molecule has 0 saturated heterocycles. The Balaban J connectivity index is 2.19. The molecule has 1 N–H and O–H groups in total. The summed E-state index contributed by atoms with van der Waals surface area (Å²) < 4.78 is 0. The Kier molecular flexibility index (Phi) is 2.32. The van der Waals surface area contributed by atoms with Crippen LogP contribution >= 0.6 is 0 Å². The molecule has 0 radical (unpaired) electrons. The minimum Gasteiger partial charge on any atom is -0.326 e. The molecule has 3 rings (SSSR count). The molecular weight excluding hydrogens is 210 g/mol. The van der Waals surface area contributed by atoms with E-state index in [9.17, 15) is 4.79 Å². The fourth-order valence-corrected chi connectivity index (χ4v) is 3.33. The summed E-state index contributed by atoms with van der Waals surface area (Å²) >= 11 is 0. The van der Waals surface area contributed by atoms with Crippen molar-refractivity contribution in [2.45, 2.75) is 32.6 Å². The molecule has 0 saturated carbocycles. The van der Waals surface area contributed by atoms with Crippen LogP contribution < -0.4 is 5.56 Å². The highest BCUT2D eigenvalue weighted by molar-refractivity contribution is 5.44. The highest BCUT2D eigenvalue weighted by Gasteiger charge is 2.33. The molecule has 17 heavy (non-hydrogen) atoms. The van der Waals surface area contributed by atoms with E-state index in [1.54, 1.807) is 6.07 Å². The fraction of sp³-hybridized carbons (Fsp3) is 0.400. The van der Waals surface area contributed by atoms with Crippen molar-refractivity contribution >= 4 is 0 Å². The Morgan fingerprint density at radius 1 is 1.35 bits per heavy atom. The maximum atomic E-state index is 11.4. The molecule has 0 fully saturated rings. The summed E-state index contributed by atoms with van der Waals surface area (Å²) in [7, 11) is 0. The number of allylic oxidation sites excluding steroid dienone is 4. The molecule has 2 heteroatoms. The summed E-state index contributed by atoms with van der Waals surface area (Å²) in [5.41, 5.74) is 5.48. The Morgan fingerprint density at radius 3 is 2.94 bits per heavy atom. The van der Waals surface area contributed by atoms with Crippen molar-refractivity contribution in [3.05, 3.63) is 57.0 Å². The topological polar surface area (TPSA) is 32.9 Å². The fourth-order valence-electron chi connectivity index (χ4n) is 3.33. The van der Waals surface area contributed by atoms with Crippen LogP contribution in [-0.2, 0) is 6.42 Å². The van der Waals surface area contributed by atoms with Gasteiger partial charge in [0.1, 0.15) is 0 Å². The van der Waals surface area contributed by atoms with E-state index in [0.29, 0.717) is 11.8 Å². The third-order valence-corrected chi connectivity index (χ3v) is 4.01. The quantitative estimate of drug-likeness (QED) is 0.679. The monoisotopic (exact) mass is 227 g/mol. The van der Waals surface area contributed by atoms with Gasteiger partial charge in [-0.25, -0.2) is 0 Å². The molecule has 2 aliphatic carbocycles. The summed E-state index contributed by atoms with van der Waals surface area (Å²) in [5, 5.41) is 0. The van der Waals surface area contributed by atoms with Gasteiger partial charge in [0.15, 0.2) is 0 Å². The van der Waals surface area contributed by atoms with Gasteiger partial charge in [-0.3, -0.25) is 4.79 Å². The van der Waals surface area contributed by atoms with Gasteiger partial charge in [0.2, 0.25) is 5.56 Å². The van der Waals surface area contributed by atoms with Gasteiger partial charge in [0.25, 0.3) is 0 Å². The number of fused-ring (bicyclic) bond motifs is 4. The number of pyridine rings is 1. The second-order valence-electron chi connectivity index (χ2n) is 5.13. The van der Waals surface area contributed by atoms with E-state index >= 15 is 0 Å². The summed E-state index contributed by atoms with van der Waals surface area (Å²) in [6.07, 6.45) is 6.65. The van der Waals surface area contributed by atoms with Gasteiger partial charge in [-0.1, -0.05) is 29.4 Å². The first-order valence-corrected chi connectivity index (χ1v) is 6.24.